The SMILES string of the molecule is CC(=O)OC[C@@H]1O[C@@H](c2cccc(O)c2)[C@H](CC(=O)O)[C@@H](CC(=O)O)[C@H]1CC(=O)O. The van der Waals surface area contributed by atoms with Crippen molar-refractivity contribution in [1.29, 1.82) is 0 Å². The second-order valence-corrected chi connectivity index (χ2v) is 7.28. The number of hydrogen-bond acceptors (Lipinski definition) is 7. The number of aliphatic carboxylic acids is 3. The van der Waals surface area contributed by atoms with Gasteiger partial charge in [0.25, 0.3) is 0 Å². The van der Waals surface area contributed by atoms with Gasteiger partial charge in [-0.3, -0.25) is 19.2 Å². The lowest BCUT2D eigenvalue weighted by Gasteiger charge is -2.46. The van der Waals surface area contributed by atoms with Gasteiger partial charge in [0.15, 0.2) is 0 Å². The van der Waals surface area contributed by atoms with Crippen molar-refractivity contribution in [2.75, 3.05) is 6.61 Å². The van der Waals surface area contributed by atoms with E-state index in [0.29, 0.717) is 5.56 Å². The lowest BCUT2D eigenvalue weighted by molar-refractivity contribution is -0.189. The fourth-order valence-electron chi connectivity index (χ4n) is 4.05. The van der Waals surface area contributed by atoms with Crippen LogP contribution in [0.2, 0.25) is 0 Å². The Morgan fingerprint density at radius 1 is 0.933 bits per heavy atom. The van der Waals surface area contributed by atoms with E-state index in [1.165, 1.54) is 25.1 Å². The van der Waals surface area contributed by atoms with Crippen LogP contribution in [0.25, 0.3) is 0 Å². The van der Waals surface area contributed by atoms with Crippen LogP contribution in [0.4, 0.5) is 0 Å². The Morgan fingerprint density at radius 3 is 2.03 bits per heavy atom. The Kier molecular flexibility index (Phi) is 7.76. The topological polar surface area (TPSA) is 168 Å². The maximum absolute atomic E-state index is 11.5. The number of benzene rings is 1. The van der Waals surface area contributed by atoms with Crippen LogP contribution >= 0.6 is 0 Å². The Balaban J connectivity index is 2.53. The molecule has 1 aromatic carbocycles. The van der Waals surface area contributed by atoms with Gasteiger partial charge < -0.3 is 29.9 Å². The molecular formula is C20H24O10. The summed E-state index contributed by atoms with van der Waals surface area (Å²) < 4.78 is 11.0. The lowest BCUT2D eigenvalue weighted by atomic mass is 9.68. The Hall–Kier alpha value is -3.14. The van der Waals surface area contributed by atoms with Gasteiger partial charge in [0.2, 0.25) is 0 Å². The van der Waals surface area contributed by atoms with E-state index in [2.05, 4.69) is 0 Å². The molecule has 0 bridgehead atoms. The van der Waals surface area contributed by atoms with Crippen LogP contribution < -0.4 is 0 Å². The number of rotatable bonds is 9. The molecule has 0 unspecified atom stereocenters. The minimum absolute atomic E-state index is 0.0934. The molecule has 1 saturated heterocycles. The minimum atomic E-state index is -1.21. The smallest absolute Gasteiger partial charge is 0.303 e. The predicted octanol–water partition coefficient (Wildman–Crippen LogP) is 1.67. The highest BCUT2D eigenvalue weighted by molar-refractivity contribution is 5.70. The first-order chi connectivity index (χ1) is 14.1. The van der Waals surface area contributed by atoms with Crippen LogP contribution in [0.1, 0.15) is 37.9 Å². The molecule has 0 radical (unpaired) electrons. The van der Waals surface area contributed by atoms with E-state index in [-0.39, 0.29) is 12.4 Å². The number of esters is 1. The summed E-state index contributed by atoms with van der Waals surface area (Å²) in [5.74, 6) is -6.99. The molecule has 0 aliphatic carbocycles. The maximum Gasteiger partial charge on any atom is 0.303 e. The molecule has 0 spiro atoms. The van der Waals surface area contributed by atoms with Gasteiger partial charge in [-0.2, -0.15) is 0 Å². The number of phenols is 1. The van der Waals surface area contributed by atoms with Gasteiger partial charge in [-0.15, -0.1) is 0 Å². The first kappa shape index (κ1) is 23.1. The molecule has 4 N–H and O–H groups in total. The normalized spacial score (nSPS) is 26.0. The van der Waals surface area contributed by atoms with Gasteiger partial charge >= 0.3 is 23.9 Å². The third-order valence-corrected chi connectivity index (χ3v) is 5.17. The average molecular weight is 424 g/mol. The first-order valence-corrected chi connectivity index (χ1v) is 9.31. The number of carbonyl (C=O) groups is 4. The van der Waals surface area contributed by atoms with Crippen LogP contribution in [0.3, 0.4) is 0 Å². The third kappa shape index (κ3) is 6.18. The predicted molar refractivity (Wildman–Crippen MR) is 99.6 cm³/mol. The van der Waals surface area contributed by atoms with Gasteiger partial charge in [-0.25, -0.2) is 0 Å². The standard InChI is InChI=1S/C20H24O10/c1-10(21)29-9-16-14(7-18(25)26)13(6-17(23)24)15(8-19(27)28)20(30-16)11-3-2-4-12(22)5-11/h2-5,13-16,20,22H,6-9H2,1H3,(H,23,24)(H,25,26)(H,27,28)/t13-,14+,15+,16-,20-/m0/s1. The van der Waals surface area contributed by atoms with E-state index in [4.69, 9.17) is 9.47 Å². The molecule has 30 heavy (non-hydrogen) atoms. The van der Waals surface area contributed by atoms with E-state index < -0.39 is 73.1 Å². The largest absolute Gasteiger partial charge is 0.508 e. The fraction of sp³-hybridized carbons (Fsp3) is 0.500. The van der Waals surface area contributed by atoms with Crippen molar-refractivity contribution in [2.45, 2.75) is 38.4 Å². The van der Waals surface area contributed by atoms with Crippen LogP contribution in [0.15, 0.2) is 24.3 Å². The van der Waals surface area contributed by atoms with Crippen molar-refractivity contribution in [3.8, 4) is 5.75 Å². The molecule has 0 aromatic heterocycles. The summed E-state index contributed by atoms with van der Waals surface area (Å²) in [6.07, 6.45) is -3.33. The molecule has 2 rings (SSSR count). The Morgan fingerprint density at radius 2 is 1.50 bits per heavy atom. The fourth-order valence-corrected chi connectivity index (χ4v) is 4.05. The van der Waals surface area contributed by atoms with Gasteiger partial charge in [0, 0.05) is 25.2 Å². The third-order valence-electron chi connectivity index (χ3n) is 5.17. The van der Waals surface area contributed by atoms with Crippen molar-refractivity contribution in [3.05, 3.63) is 29.8 Å². The minimum Gasteiger partial charge on any atom is -0.508 e. The second-order valence-electron chi connectivity index (χ2n) is 7.28. The van der Waals surface area contributed by atoms with E-state index >= 15 is 0 Å². The van der Waals surface area contributed by atoms with Crippen molar-refractivity contribution < 1.29 is 49.1 Å². The van der Waals surface area contributed by atoms with Crippen LogP contribution in [-0.4, -0.2) is 57.0 Å². The van der Waals surface area contributed by atoms with Gasteiger partial charge in [-0.1, -0.05) is 12.1 Å². The van der Waals surface area contributed by atoms with E-state index in [1.54, 1.807) is 6.07 Å². The number of carboxylic acids is 3. The number of carbonyl (C=O) groups excluding carboxylic acids is 1. The molecule has 5 atom stereocenters. The Labute approximate surface area is 172 Å². The van der Waals surface area contributed by atoms with E-state index in [9.17, 15) is 39.6 Å². The van der Waals surface area contributed by atoms with Crippen LogP contribution in [0.5, 0.6) is 5.75 Å². The molecule has 0 amide bonds. The Bertz CT molecular complexity index is 805. The molecule has 10 heteroatoms. The summed E-state index contributed by atoms with van der Waals surface area (Å²) in [5, 5.41) is 38.0. The van der Waals surface area contributed by atoms with Gasteiger partial charge in [0.05, 0.1) is 25.0 Å². The second kappa shape index (κ2) is 10.1. The maximum atomic E-state index is 11.5. The highest BCUT2D eigenvalue weighted by atomic mass is 16.6. The summed E-state index contributed by atoms with van der Waals surface area (Å²) in [7, 11) is 0. The number of hydrogen-bond donors (Lipinski definition) is 4. The average Bonchev–Trinajstić information content (AvgIpc) is 2.62. The number of phenolic OH excluding ortho intramolecular Hbond substituents is 1. The zero-order valence-electron chi connectivity index (χ0n) is 16.3. The van der Waals surface area contributed by atoms with Crippen molar-refractivity contribution in [3.63, 3.8) is 0 Å². The van der Waals surface area contributed by atoms with Gasteiger partial charge in [-0.05, 0) is 23.6 Å². The molecule has 1 fully saturated rings. The van der Waals surface area contributed by atoms with Gasteiger partial charge in [0.1, 0.15) is 12.4 Å². The molecule has 1 aliphatic heterocycles. The molecule has 1 aliphatic rings. The lowest BCUT2D eigenvalue weighted by Crippen LogP contribution is -2.48. The highest BCUT2D eigenvalue weighted by Crippen LogP contribution is 2.48. The molecule has 1 heterocycles. The van der Waals surface area contributed by atoms with Crippen molar-refractivity contribution >= 4 is 23.9 Å². The zero-order chi connectivity index (χ0) is 22.4. The first-order valence-electron chi connectivity index (χ1n) is 9.31. The van der Waals surface area contributed by atoms with E-state index in [0.717, 1.165) is 0 Å². The summed E-state index contributed by atoms with van der Waals surface area (Å²) in [4.78, 5) is 45.8. The summed E-state index contributed by atoms with van der Waals surface area (Å²) >= 11 is 0. The number of carboxylic acid groups (broad SMARTS) is 3. The zero-order valence-corrected chi connectivity index (χ0v) is 16.3. The quantitative estimate of drug-likeness (QED) is 0.428. The molecule has 0 saturated carbocycles. The molecule has 1 aromatic rings. The van der Waals surface area contributed by atoms with Crippen molar-refractivity contribution in [1.82, 2.24) is 0 Å². The van der Waals surface area contributed by atoms with E-state index in [1.807, 2.05) is 0 Å². The highest BCUT2D eigenvalue weighted by Gasteiger charge is 2.48. The van der Waals surface area contributed by atoms with Crippen LogP contribution in [0, 0.1) is 17.8 Å². The van der Waals surface area contributed by atoms with Crippen LogP contribution in [-0.2, 0) is 28.7 Å². The molecule has 10 nitrogen and oxygen atoms in total. The summed E-state index contributed by atoms with van der Waals surface area (Å²) in [6.45, 7) is 0.863. The summed E-state index contributed by atoms with van der Waals surface area (Å²) in [5.41, 5.74) is 0.415. The number of ether oxygens (including phenoxy) is 2. The van der Waals surface area contributed by atoms with Crippen molar-refractivity contribution in [2.24, 2.45) is 17.8 Å². The monoisotopic (exact) mass is 424 g/mol. The number of aromatic hydroxyl groups is 1. The molecular weight excluding hydrogens is 400 g/mol. The summed E-state index contributed by atoms with van der Waals surface area (Å²) in [6, 6.07) is 5.91. The molecule has 164 valence electrons.